The third kappa shape index (κ3) is 4.56. The molecule has 1 N–H and O–H groups in total. The number of likely N-dealkylation sites (N-methyl/N-ethyl adjacent to an activating group) is 1. The van der Waals surface area contributed by atoms with Gasteiger partial charge in [0.1, 0.15) is 5.01 Å². The average molecular weight is 373 g/mol. The predicted molar refractivity (Wildman–Crippen MR) is 97.0 cm³/mol. The highest BCUT2D eigenvalue weighted by atomic mass is 35.5. The van der Waals surface area contributed by atoms with E-state index in [9.17, 15) is 4.79 Å². The molecule has 1 amide bonds. The standard InChI is InChI=1S/C15H18Cl2N4OS/c1-15(2,3)13-19-20-14(23-13)21(4)8-11(22)18-12-9(16)6-5-7-10(12)17/h5-7H,8H2,1-4H3,(H,18,22). The summed E-state index contributed by atoms with van der Waals surface area (Å²) >= 11 is 13.6. The zero-order valence-corrected chi connectivity index (χ0v) is 15.7. The summed E-state index contributed by atoms with van der Waals surface area (Å²) in [6.45, 7) is 6.34. The number of nitrogens with zero attached hydrogens (tertiary/aromatic N) is 3. The van der Waals surface area contributed by atoms with E-state index in [1.807, 2.05) is 0 Å². The molecular weight excluding hydrogens is 355 g/mol. The Kier molecular flexibility index (Phi) is 5.49. The SMILES string of the molecule is CN(CC(=O)Nc1c(Cl)cccc1Cl)c1nnc(C(C)(C)C)s1. The van der Waals surface area contributed by atoms with Gasteiger partial charge in [0.05, 0.1) is 22.3 Å². The van der Waals surface area contributed by atoms with Crippen LogP contribution in [0.15, 0.2) is 18.2 Å². The number of hydrogen-bond donors (Lipinski definition) is 1. The van der Waals surface area contributed by atoms with Crippen molar-refractivity contribution < 1.29 is 4.79 Å². The summed E-state index contributed by atoms with van der Waals surface area (Å²) in [7, 11) is 1.79. The van der Waals surface area contributed by atoms with Crippen molar-refractivity contribution in [3.63, 3.8) is 0 Å². The highest BCUT2D eigenvalue weighted by Gasteiger charge is 2.21. The Morgan fingerprint density at radius 2 is 1.87 bits per heavy atom. The third-order valence-corrected chi connectivity index (χ3v) is 5.08. The minimum atomic E-state index is -0.227. The molecule has 0 aliphatic heterocycles. The molecule has 1 heterocycles. The first kappa shape index (κ1) is 18.0. The second-order valence-corrected chi connectivity index (χ2v) is 7.91. The molecule has 1 aromatic carbocycles. The van der Waals surface area contributed by atoms with Crippen LogP contribution in [-0.2, 0) is 10.2 Å². The van der Waals surface area contributed by atoms with E-state index in [4.69, 9.17) is 23.2 Å². The van der Waals surface area contributed by atoms with Crippen LogP contribution in [0, 0.1) is 0 Å². The van der Waals surface area contributed by atoms with Gasteiger partial charge in [0, 0.05) is 12.5 Å². The fraction of sp³-hybridized carbons (Fsp3) is 0.400. The van der Waals surface area contributed by atoms with Crippen molar-refractivity contribution in [1.82, 2.24) is 10.2 Å². The van der Waals surface area contributed by atoms with Crippen molar-refractivity contribution in [2.75, 3.05) is 23.8 Å². The fourth-order valence-corrected chi connectivity index (χ4v) is 3.11. The first-order chi connectivity index (χ1) is 10.7. The third-order valence-electron chi connectivity index (χ3n) is 2.99. The molecule has 1 aromatic heterocycles. The zero-order chi connectivity index (χ0) is 17.2. The minimum Gasteiger partial charge on any atom is -0.340 e. The lowest BCUT2D eigenvalue weighted by molar-refractivity contribution is -0.114. The Morgan fingerprint density at radius 3 is 2.39 bits per heavy atom. The van der Waals surface area contributed by atoms with Gasteiger partial charge in [-0.1, -0.05) is 61.4 Å². The van der Waals surface area contributed by atoms with Crippen molar-refractivity contribution in [3.05, 3.63) is 33.3 Å². The van der Waals surface area contributed by atoms with E-state index < -0.39 is 0 Å². The largest absolute Gasteiger partial charge is 0.340 e. The minimum absolute atomic E-state index is 0.0654. The van der Waals surface area contributed by atoms with E-state index >= 15 is 0 Å². The molecule has 0 aliphatic rings. The van der Waals surface area contributed by atoms with Gasteiger partial charge < -0.3 is 10.2 Å². The molecule has 0 bridgehead atoms. The quantitative estimate of drug-likeness (QED) is 0.872. The van der Waals surface area contributed by atoms with E-state index in [1.165, 1.54) is 11.3 Å². The Hall–Kier alpha value is -1.37. The Morgan fingerprint density at radius 1 is 1.26 bits per heavy atom. The van der Waals surface area contributed by atoms with Crippen molar-refractivity contribution in [2.24, 2.45) is 0 Å². The van der Waals surface area contributed by atoms with Gasteiger partial charge in [-0.2, -0.15) is 0 Å². The van der Waals surface area contributed by atoms with Crippen molar-refractivity contribution >= 4 is 51.3 Å². The van der Waals surface area contributed by atoms with Crippen molar-refractivity contribution in [1.29, 1.82) is 0 Å². The normalized spacial score (nSPS) is 11.4. The molecule has 0 radical (unpaired) electrons. The lowest BCUT2D eigenvalue weighted by Gasteiger charge is -2.16. The summed E-state index contributed by atoms with van der Waals surface area (Å²) in [5, 5.41) is 13.5. The number of halogens is 2. The van der Waals surface area contributed by atoms with Gasteiger partial charge in [-0.3, -0.25) is 4.79 Å². The Bertz CT molecular complexity index is 691. The first-order valence-electron chi connectivity index (χ1n) is 6.97. The number of aromatic nitrogens is 2. The lowest BCUT2D eigenvalue weighted by Crippen LogP contribution is -2.30. The highest BCUT2D eigenvalue weighted by Crippen LogP contribution is 2.31. The molecule has 0 fully saturated rings. The topological polar surface area (TPSA) is 58.1 Å². The molecule has 23 heavy (non-hydrogen) atoms. The summed E-state index contributed by atoms with van der Waals surface area (Å²) < 4.78 is 0. The molecule has 2 rings (SSSR count). The summed E-state index contributed by atoms with van der Waals surface area (Å²) in [4.78, 5) is 13.9. The maximum Gasteiger partial charge on any atom is 0.244 e. The number of amides is 1. The molecule has 0 saturated heterocycles. The number of benzene rings is 1. The number of rotatable bonds is 4. The average Bonchev–Trinajstić information content (AvgIpc) is 2.93. The molecular formula is C15H18Cl2N4OS. The molecule has 0 atom stereocenters. The van der Waals surface area contributed by atoms with Gasteiger partial charge >= 0.3 is 0 Å². The molecule has 8 heteroatoms. The molecule has 2 aromatic rings. The molecule has 0 unspecified atom stereocenters. The molecule has 0 saturated carbocycles. The summed E-state index contributed by atoms with van der Waals surface area (Å²) in [6, 6.07) is 5.07. The van der Waals surface area contributed by atoms with Crippen LogP contribution < -0.4 is 10.2 Å². The van der Waals surface area contributed by atoms with Gasteiger partial charge in [0.2, 0.25) is 11.0 Å². The van der Waals surface area contributed by atoms with Crippen molar-refractivity contribution in [3.8, 4) is 0 Å². The van der Waals surface area contributed by atoms with Gasteiger partial charge in [-0.15, -0.1) is 10.2 Å². The summed E-state index contributed by atoms with van der Waals surface area (Å²) in [5.74, 6) is -0.227. The Labute approximate surface area is 149 Å². The van der Waals surface area contributed by atoms with Crippen LogP contribution in [0.3, 0.4) is 0 Å². The molecule has 0 spiro atoms. The van der Waals surface area contributed by atoms with E-state index in [-0.39, 0.29) is 17.9 Å². The van der Waals surface area contributed by atoms with Crippen LogP contribution in [0.4, 0.5) is 10.8 Å². The van der Waals surface area contributed by atoms with E-state index in [1.54, 1.807) is 30.1 Å². The second-order valence-electron chi connectivity index (χ2n) is 6.14. The van der Waals surface area contributed by atoms with E-state index in [2.05, 4.69) is 36.3 Å². The van der Waals surface area contributed by atoms with Crippen LogP contribution >= 0.6 is 34.5 Å². The maximum atomic E-state index is 12.2. The van der Waals surface area contributed by atoms with Gasteiger partial charge in [0.25, 0.3) is 0 Å². The molecule has 0 aliphatic carbocycles. The van der Waals surface area contributed by atoms with Crippen LogP contribution in [0.1, 0.15) is 25.8 Å². The number of carbonyl (C=O) groups excluding carboxylic acids is 1. The Balaban J connectivity index is 2.04. The van der Waals surface area contributed by atoms with E-state index in [0.717, 1.165) is 5.01 Å². The lowest BCUT2D eigenvalue weighted by atomic mass is 9.98. The van der Waals surface area contributed by atoms with Crippen LogP contribution in [0.2, 0.25) is 10.0 Å². The van der Waals surface area contributed by atoms with Crippen LogP contribution in [-0.4, -0.2) is 29.7 Å². The van der Waals surface area contributed by atoms with Crippen LogP contribution in [0.25, 0.3) is 0 Å². The number of anilines is 2. The number of hydrogen-bond acceptors (Lipinski definition) is 5. The first-order valence-corrected chi connectivity index (χ1v) is 8.54. The summed E-state index contributed by atoms with van der Waals surface area (Å²) in [6.07, 6.45) is 0. The summed E-state index contributed by atoms with van der Waals surface area (Å²) in [5.41, 5.74) is 0.353. The fourth-order valence-electron chi connectivity index (χ4n) is 1.75. The smallest absolute Gasteiger partial charge is 0.244 e. The number of carbonyl (C=O) groups is 1. The zero-order valence-electron chi connectivity index (χ0n) is 13.4. The number of nitrogens with one attached hydrogen (secondary N) is 1. The van der Waals surface area contributed by atoms with Gasteiger partial charge in [0.15, 0.2) is 0 Å². The second kappa shape index (κ2) is 7.03. The highest BCUT2D eigenvalue weighted by molar-refractivity contribution is 7.15. The van der Waals surface area contributed by atoms with Crippen LogP contribution in [0.5, 0.6) is 0 Å². The maximum absolute atomic E-state index is 12.2. The predicted octanol–water partition coefficient (Wildman–Crippen LogP) is 4.22. The van der Waals surface area contributed by atoms with Gasteiger partial charge in [-0.05, 0) is 12.1 Å². The monoisotopic (exact) mass is 372 g/mol. The molecule has 124 valence electrons. The molecule has 5 nitrogen and oxygen atoms in total. The number of para-hydroxylation sites is 1. The van der Waals surface area contributed by atoms with Crippen molar-refractivity contribution in [2.45, 2.75) is 26.2 Å². The van der Waals surface area contributed by atoms with E-state index in [0.29, 0.717) is 20.9 Å². The van der Waals surface area contributed by atoms with Gasteiger partial charge in [-0.25, -0.2) is 0 Å².